The Morgan fingerprint density at radius 3 is 3.00 bits per heavy atom. The van der Waals surface area contributed by atoms with Crippen molar-refractivity contribution >= 4 is 29.0 Å². The Hall–Kier alpha value is -2.08. The van der Waals surface area contributed by atoms with Crippen molar-refractivity contribution in [2.75, 3.05) is 16.8 Å². The summed E-state index contributed by atoms with van der Waals surface area (Å²) in [5.74, 6) is 0.204. The van der Waals surface area contributed by atoms with Crippen LogP contribution in [0.2, 0.25) is 0 Å². The van der Waals surface area contributed by atoms with Crippen LogP contribution >= 0.6 is 11.8 Å². The number of amides is 1. The normalized spacial score (nSPS) is 10.0. The minimum Gasteiger partial charge on any atom is -0.399 e. The van der Waals surface area contributed by atoms with E-state index in [1.807, 2.05) is 0 Å². The zero-order chi connectivity index (χ0) is 12.8. The maximum Gasteiger partial charge on any atom is 0.234 e. The number of nitrogens with zero attached hydrogens (tertiary/aromatic N) is 2. The van der Waals surface area contributed by atoms with E-state index < -0.39 is 0 Å². The van der Waals surface area contributed by atoms with E-state index in [9.17, 15) is 4.79 Å². The third kappa shape index (κ3) is 3.74. The Bertz CT molecular complexity index is 533. The summed E-state index contributed by atoms with van der Waals surface area (Å²) in [5.41, 5.74) is 6.94. The lowest BCUT2D eigenvalue weighted by Gasteiger charge is -2.05. The minimum absolute atomic E-state index is 0.0933. The Morgan fingerprint density at radius 1 is 1.39 bits per heavy atom. The van der Waals surface area contributed by atoms with Crippen LogP contribution in [-0.4, -0.2) is 21.6 Å². The fourth-order valence-electron chi connectivity index (χ4n) is 1.32. The lowest BCUT2D eigenvalue weighted by molar-refractivity contribution is -0.113. The van der Waals surface area contributed by atoms with Crippen LogP contribution in [-0.2, 0) is 4.79 Å². The van der Waals surface area contributed by atoms with E-state index in [0.717, 1.165) is 5.03 Å². The lowest BCUT2D eigenvalue weighted by Crippen LogP contribution is -2.14. The van der Waals surface area contributed by atoms with E-state index in [1.54, 1.807) is 36.5 Å². The van der Waals surface area contributed by atoms with Crippen molar-refractivity contribution in [3.8, 4) is 0 Å². The molecule has 1 aromatic carbocycles. The van der Waals surface area contributed by atoms with E-state index in [0.29, 0.717) is 17.1 Å². The fourth-order valence-corrected chi connectivity index (χ4v) is 1.95. The summed E-state index contributed by atoms with van der Waals surface area (Å²) in [6, 6.07) is 8.84. The van der Waals surface area contributed by atoms with Crippen molar-refractivity contribution in [1.82, 2.24) is 9.97 Å². The first-order valence-electron chi connectivity index (χ1n) is 5.28. The second kappa shape index (κ2) is 6.02. The van der Waals surface area contributed by atoms with Crippen LogP contribution in [0, 0.1) is 0 Å². The number of thioether (sulfide) groups is 1. The number of hydrogen-bond acceptors (Lipinski definition) is 5. The molecule has 5 nitrogen and oxygen atoms in total. The molecule has 0 aliphatic carbocycles. The Kier molecular flexibility index (Phi) is 4.14. The molecule has 3 N–H and O–H groups in total. The monoisotopic (exact) mass is 260 g/mol. The molecule has 0 aliphatic heterocycles. The highest BCUT2D eigenvalue weighted by Gasteiger charge is 2.04. The van der Waals surface area contributed by atoms with Crippen LogP contribution in [0.1, 0.15) is 0 Å². The molecule has 0 saturated carbocycles. The van der Waals surface area contributed by atoms with Gasteiger partial charge in [-0.2, -0.15) is 0 Å². The molecule has 0 bridgehead atoms. The van der Waals surface area contributed by atoms with Gasteiger partial charge in [0.05, 0.1) is 10.8 Å². The van der Waals surface area contributed by atoms with Crippen LogP contribution in [0.5, 0.6) is 0 Å². The molecule has 6 heteroatoms. The van der Waals surface area contributed by atoms with Gasteiger partial charge >= 0.3 is 0 Å². The number of nitrogens with one attached hydrogen (secondary N) is 1. The number of nitrogen functional groups attached to an aromatic ring is 1. The largest absolute Gasteiger partial charge is 0.399 e. The predicted octanol–water partition coefficient (Wildman–Crippen LogP) is 1.79. The van der Waals surface area contributed by atoms with Crippen molar-refractivity contribution < 1.29 is 4.79 Å². The van der Waals surface area contributed by atoms with Gasteiger partial charge in [-0.15, -0.1) is 0 Å². The molecule has 1 heterocycles. The van der Waals surface area contributed by atoms with E-state index in [1.165, 1.54) is 18.1 Å². The van der Waals surface area contributed by atoms with Crippen LogP contribution < -0.4 is 11.1 Å². The highest BCUT2D eigenvalue weighted by Crippen LogP contribution is 2.15. The Balaban J connectivity index is 1.86. The quantitative estimate of drug-likeness (QED) is 0.497. The van der Waals surface area contributed by atoms with E-state index in [-0.39, 0.29) is 5.91 Å². The first-order chi connectivity index (χ1) is 8.74. The molecule has 18 heavy (non-hydrogen) atoms. The highest BCUT2D eigenvalue weighted by molar-refractivity contribution is 7.99. The molecule has 0 fully saturated rings. The molecule has 0 unspecified atom stereocenters. The van der Waals surface area contributed by atoms with E-state index in [4.69, 9.17) is 5.73 Å². The topological polar surface area (TPSA) is 80.9 Å². The molecule has 0 atom stereocenters. The molecule has 0 radical (unpaired) electrons. The van der Waals surface area contributed by atoms with Gasteiger partial charge in [0.2, 0.25) is 5.91 Å². The zero-order valence-corrected chi connectivity index (χ0v) is 10.4. The maximum atomic E-state index is 11.7. The van der Waals surface area contributed by atoms with Crippen molar-refractivity contribution in [1.29, 1.82) is 0 Å². The number of hydrogen-bond donors (Lipinski definition) is 2. The summed E-state index contributed by atoms with van der Waals surface area (Å²) in [7, 11) is 0. The van der Waals surface area contributed by atoms with Gasteiger partial charge in [0.15, 0.2) is 0 Å². The number of aromatic nitrogens is 2. The summed E-state index contributed by atoms with van der Waals surface area (Å²) in [4.78, 5) is 19.5. The molecule has 0 spiro atoms. The maximum absolute atomic E-state index is 11.7. The van der Waals surface area contributed by atoms with Crippen LogP contribution in [0.15, 0.2) is 47.9 Å². The zero-order valence-electron chi connectivity index (χ0n) is 9.54. The molecule has 1 amide bonds. The van der Waals surface area contributed by atoms with Crippen molar-refractivity contribution in [3.05, 3.63) is 42.9 Å². The summed E-state index contributed by atoms with van der Waals surface area (Å²) in [5, 5.41) is 3.54. The first-order valence-corrected chi connectivity index (χ1v) is 6.27. The van der Waals surface area contributed by atoms with Gasteiger partial charge < -0.3 is 11.1 Å². The van der Waals surface area contributed by atoms with Crippen LogP contribution in [0.3, 0.4) is 0 Å². The predicted molar refractivity (Wildman–Crippen MR) is 72.2 cm³/mol. The Morgan fingerprint density at radius 2 is 2.28 bits per heavy atom. The van der Waals surface area contributed by atoms with Gasteiger partial charge in [-0.25, -0.2) is 9.97 Å². The number of nitrogens with two attached hydrogens (primary N) is 1. The molecule has 1 aromatic heterocycles. The first kappa shape index (κ1) is 12.4. The van der Waals surface area contributed by atoms with Gasteiger partial charge in [-0.05, 0) is 24.3 Å². The van der Waals surface area contributed by atoms with Gasteiger partial charge in [0.1, 0.15) is 6.33 Å². The van der Waals surface area contributed by atoms with Crippen LogP contribution in [0.25, 0.3) is 0 Å². The number of carbonyl (C=O) groups is 1. The number of rotatable bonds is 4. The van der Waals surface area contributed by atoms with Gasteiger partial charge in [-0.3, -0.25) is 4.79 Å². The SMILES string of the molecule is Nc1cccc(NC(=O)CSc2ccncn2)c1. The summed E-state index contributed by atoms with van der Waals surface area (Å²) >= 11 is 1.36. The molecule has 2 rings (SSSR count). The third-order valence-electron chi connectivity index (χ3n) is 2.08. The molecule has 0 saturated heterocycles. The minimum atomic E-state index is -0.0933. The average Bonchev–Trinajstić information content (AvgIpc) is 2.38. The number of carbonyl (C=O) groups excluding carboxylic acids is 1. The van der Waals surface area contributed by atoms with Crippen molar-refractivity contribution in [2.45, 2.75) is 5.03 Å². The fraction of sp³-hybridized carbons (Fsp3) is 0.0833. The summed E-state index contributed by atoms with van der Waals surface area (Å²) in [6.07, 6.45) is 3.10. The van der Waals surface area contributed by atoms with Crippen molar-refractivity contribution in [2.24, 2.45) is 0 Å². The Labute approximate surface area is 109 Å². The second-order valence-corrected chi connectivity index (χ2v) is 4.51. The van der Waals surface area contributed by atoms with E-state index >= 15 is 0 Å². The van der Waals surface area contributed by atoms with Gasteiger partial charge in [-0.1, -0.05) is 17.8 Å². The smallest absolute Gasteiger partial charge is 0.234 e. The highest BCUT2D eigenvalue weighted by atomic mass is 32.2. The molecule has 0 aliphatic rings. The molecular formula is C12H12N4OS. The molecular weight excluding hydrogens is 248 g/mol. The van der Waals surface area contributed by atoms with Crippen LogP contribution in [0.4, 0.5) is 11.4 Å². The lowest BCUT2D eigenvalue weighted by atomic mass is 10.3. The average molecular weight is 260 g/mol. The van der Waals surface area contributed by atoms with Crippen molar-refractivity contribution in [3.63, 3.8) is 0 Å². The number of anilines is 2. The summed E-state index contributed by atoms with van der Waals surface area (Å²) < 4.78 is 0. The number of benzene rings is 1. The second-order valence-electron chi connectivity index (χ2n) is 3.51. The summed E-state index contributed by atoms with van der Waals surface area (Å²) in [6.45, 7) is 0. The molecule has 92 valence electrons. The third-order valence-corrected chi connectivity index (χ3v) is 3.02. The standard InChI is InChI=1S/C12H12N4OS/c13-9-2-1-3-10(6-9)16-11(17)7-18-12-4-5-14-8-15-12/h1-6,8H,7,13H2,(H,16,17). The van der Waals surface area contributed by atoms with E-state index in [2.05, 4.69) is 15.3 Å². The van der Waals surface area contributed by atoms with Gasteiger partial charge in [0.25, 0.3) is 0 Å². The van der Waals surface area contributed by atoms with Gasteiger partial charge in [0, 0.05) is 17.6 Å². The molecule has 2 aromatic rings.